The maximum atomic E-state index is 11.8. The van der Waals surface area contributed by atoms with Gasteiger partial charge in [-0.15, -0.1) is 0 Å². The van der Waals surface area contributed by atoms with E-state index in [2.05, 4.69) is 0 Å². The average molecular weight is 226 g/mol. The van der Waals surface area contributed by atoms with Crippen LogP contribution < -0.4 is 5.73 Å². The molecular formula is C11H18N2O3. The van der Waals surface area contributed by atoms with Gasteiger partial charge in [0.25, 0.3) is 0 Å². The summed E-state index contributed by atoms with van der Waals surface area (Å²) in [6.07, 6.45) is 4.40. The van der Waals surface area contributed by atoms with E-state index in [0.29, 0.717) is 19.5 Å². The molecule has 0 unspecified atom stereocenters. The smallest absolute Gasteiger partial charge is 0.310 e. The summed E-state index contributed by atoms with van der Waals surface area (Å²) < 4.78 is 0. The lowest BCUT2D eigenvalue weighted by molar-refractivity contribution is -0.153. The van der Waals surface area contributed by atoms with Crippen LogP contribution in [-0.2, 0) is 9.59 Å². The first kappa shape index (κ1) is 11.4. The zero-order valence-electron chi connectivity index (χ0n) is 9.32. The monoisotopic (exact) mass is 226 g/mol. The van der Waals surface area contributed by atoms with Crippen molar-refractivity contribution >= 4 is 11.9 Å². The molecule has 1 aliphatic heterocycles. The quantitative estimate of drug-likeness (QED) is 0.719. The molecule has 1 saturated heterocycles. The van der Waals surface area contributed by atoms with Crippen molar-refractivity contribution in [3.63, 3.8) is 0 Å². The lowest BCUT2D eigenvalue weighted by Crippen LogP contribution is -2.55. The maximum absolute atomic E-state index is 11.8. The van der Waals surface area contributed by atoms with Gasteiger partial charge in [-0.25, -0.2) is 0 Å². The van der Waals surface area contributed by atoms with Crippen molar-refractivity contribution in [2.45, 2.75) is 37.6 Å². The van der Waals surface area contributed by atoms with E-state index in [4.69, 9.17) is 10.8 Å². The SMILES string of the molecule is NC1(CC(=O)N2CC(C(=O)O)C2)CCCC1. The topological polar surface area (TPSA) is 83.6 Å². The van der Waals surface area contributed by atoms with E-state index < -0.39 is 5.97 Å². The predicted molar refractivity (Wildman–Crippen MR) is 57.7 cm³/mol. The number of carbonyl (C=O) groups is 2. The Bertz CT molecular complexity index is 304. The number of nitrogens with zero attached hydrogens (tertiary/aromatic N) is 1. The molecule has 90 valence electrons. The number of rotatable bonds is 3. The van der Waals surface area contributed by atoms with E-state index in [0.717, 1.165) is 25.7 Å². The van der Waals surface area contributed by atoms with Crippen molar-refractivity contribution in [1.29, 1.82) is 0 Å². The van der Waals surface area contributed by atoms with Gasteiger partial charge in [0.2, 0.25) is 5.91 Å². The van der Waals surface area contributed by atoms with Crippen LogP contribution in [0.5, 0.6) is 0 Å². The van der Waals surface area contributed by atoms with Crippen molar-refractivity contribution in [1.82, 2.24) is 4.90 Å². The summed E-state index contributed by atoms with van der Waals surface area (Å²) in [5.41, 5.74) is 5.78. The fourth-order valence-corrected chi connectivity index (χ4v) is 2.51. The highest BCUT2D eigenvalue weighted by Gasteiger charge is 2.39. The summed E-state index contributed by atoms with van der Waals surface area (Å²) in [7, 11) is 0. The molecule has 0 spiro atoms. The van der Waals surface area contributed by atoms with E-state index in [1.54, 1.807) is 4.90 Å². The minimum atomic E-state index is -0.813. The van der Waals surface area contributed by atoms with Crippen molar-refractivity contribution in [2.75, 3.05) is 13.1 Å². The Morgan fingerprint density at radius 2 is 1.88 bits per heavy atom. The molecule has 2 aliphatic rings. The Morgan fingerprint density at radius 1 is 1.31 bits per heavy atom. The predicted octanol–water partition coefficient (Wildman–Crippen LogP) is 0.191. The van der Waals surface area contributed by atoms with Crippen LogP contribution in [0.2, 0.25) is 0 Å². The van der Waals surface area contributed by atoms with Gasteiger partial charge in [0.1, 0.15) is 0 Å². The standard InChI is InChI=1S/C11H18N2O3/c12-11(3-1-2-4-11)5-9(14)13-6-8(7-13)10(15)16/h8H,1-7,12H2,(H,15,16). The normalized spacial score (nSPS) is 24.2. The number of amides is 1. The van der Waals surface area contributed by atoms with E-state index in [-0.39, 0.29) is 17.4 Å². The summed E-state index contributed by atoms with van der Waals surface area (Å²) in [6, 6.07) is 0. The second kappa shape index (κ2) is 4.05. The number of aliphatic carboxylic acids is 1. The molecule has 0 atom stereocenters. The van der Waals surface area contributed by atoms with Crippen LogP contribution in [0, 0.1) is 5.92 Å². The molecule has 1 saturated carbocycles. The van der Waals surface area contributed by atoms with Crippen molar-refractivity contribution in [3.05, 3.63) is 0 Å². The van der Waals surface area contributed by atoms with Crippen LogP contribution in [-0.4, -0.2) is 40.5 Å². The van der Waals surface area contributed by atoms with Gasteiger partial charge in [0.15, 0.2) is 0 Å². The first-order valence-electron chi connectivity index (χ1n) is 5.80. The van der Waals surface area contributed by atoms with Gasteiger partial charge >= 0.3 is 5.97 Å². The summed E-state index contributed by atoms with van der Waals surface area (Å²) >= 11 is 0. The zero-order chi connectivity index (χ0) is 11.8. The second-order valence-electron chi connectivity index (χ2n) is 5.08. The second-order valence-corrected chi connectivity index (χ2v) is 5.08. The number of carboxylic acids is 1. The molecule has 0 aromatic carbocycles. The molecular weight excluding hydrogens is 208 g/mol. The Labute approximate surface area is 94.6 Å². The Hall–Kier alpha value is -1.10. The molecule has 2 fully saturated rings. The van der Waals surface area contributed by atoms with Crippen molar-refractivity contribution < 1.29 is 14.7 Å². The number of hydrogen-bond acceptors (Lipinski definition) is 3. The Balaban J connectivity index is 1.79. The van der Waals surface area contributed by atoms with E-state index in [1.807, 2.05) is 0 Å². The van der Waals surface area contributed by atoms with Crippen LogP contribution in [0.3, 0.4) is 0 Å². The van der Waals surface area contributed by atoms with Crippen LogP contribution in [0.15, 0.2) is 0 Å². The fourth-order valence-electron chi connectivity index (χ4n) is 2.51. The highest BCUT2D eigenvalue weighted by Crippen LogP contribution is 2.31. The van der Waals surface area contributed by atoms with Gasteiger partial charge in [0, 0.05) is 25.0 Å². The molecule has 1 aliphatic carbocycles. The minimum absolute atomic E-state index is 0.0156. The molecule has 1 amide bonds. The molecule has 1 heterocycles. The number of nitrogens with two attached hydrogens (primary N) is 1. The third kappa shape index (κ3) is 2.19. The molecule has 0 bridgehead atoms. The highest BCUT2D eigenvalue weighted by molar-refractivity contribution is 5.81. The van der Waals surface area contributed by atoms with Crippen LogP contribution in [0.1, 0.15) is 32.1 Å². The Morgan fingerprint density at radius 3 is 2.38 bits per heavy atom. The van der Waals surface area contributed by atoms with E-state index in [1.165, 1.54) is 0 Å². The van der Waals surface area contributed by atoms with Crippen LogP contribution in [0.4, 0.5) is 0 Å². The lowest BCUT2D eigenvalue weighted by Gasteiger charge is -2.38. The van der Waals surface area contributed by atoms with Gasteiger partial charge in [-0.1, -0.05) is 12.8 Å². The molecule has 0 aromatic rings. The maximum Gasteiger partial charge on any atom is 0.310 e. The van der Waals surface area contributed by atoms with Gasteiger partial charge in [0.05, 0.1) is 5.92 Å². The number of carbonyl (C=O) groups excluding carboxylic acids is 1. The minimum Gasteiger partial charge on any atom is -0.481 e. The summed E-state index contributed by atoms with van der Waals surface area (Å²) in [5.74, 6) is -1.17. The van der Waals surface area contributed by atoms with Gasteiger partial charge in [-0.05, 0) is 12.8 Å². The largest absolute Gasteiger partial charge is 0.481 e. The van der Waals surface area contributed by atoms with Crippen LogP contribution in [0.25, 0.3) is 0 Å². The molecule has 0 radical (unpaired) electrons. The summed E-state index contributed by atoms with van der Waals surface area (Å²) in [5, 5.41) is 8.71. The first-order chi connectivity index (χ1) is 7.50. The Kier molecular flexibility index (Phi) is 2.88. The molecule has 5 heteroatoms. The third-order valence-corrected chi connectivity index (χ3v) is 3.69. The number of likely N-dealkylation sites (tertiary alicyclic amines) is 1. The summed E-state index contributed by atoms with van der Waals surface area (Å²) in [4.78, 5) is 24.0. The molecule has 2 rings (SSSR count). The third-order valence-electron chi connectivity index (χ3n) is 3.69. The van der Waals surface area contributed by atoms with Gasteiger partial charge < -0.3 is 15.7 Å². The highest BCUT2D eigenvalue weighted by atomic mass is 16.4. The van der Waals surface area contributed by atoms with Gasteiger partial charge in [-0.2, -0.15) is 0 Å². The van der Waals surface area contributed by atoms with Crippen molar-refractivity contribution in [2.24, 2.45) is 11.7 Å². The number of hydrogen-bond donors (Lipinski definition) is 2. The molecule has 16 heavy (non-hydrogen) atoms. The lowest BCUT2D eigenvalue weighted by atomic mass is 9.92. The first-order valence-corrected chi connectivity index (χ1v) is 5.80. The van der Waals surface area contributed by atoms with Crippen molar-refractivity contribution in [3.8, 4) is 0 Å². The van der Waals surface area contributed by atoms with Crippen LogP contribution >= 0.6 is 0 Å². The average Bonchev–Trinajstić information content (AvgIpc) is 2.47. The molecule has 3 N–H and O–H groups in total. The number of carboxylic acid groups (broad SMARTS) is 1. The van der Waals surface area contributed by atoms with Gasteiger partial charge in [-0.3, -0.25) is 9.59 Å². The summed E-state index contributed by atoms with van der Waals surface area (Å²) in [6.45, 7) is 0.703. The van der Waals surface area contributed by atoms with E-state index in [9.17, 15) is 9.59 Å². The molecule has 0 aromatic heterocycles. The van der Waals surface area contributed by atoms with E-state index >= 15 is 0 Å². The zero-order valence-corrected chi connectivity index (χ0v) is 9.32. The molecule has 5 nitrogen and oxygen atoms in total. The fraction of sp³-hybridized carbons (Fsp3) is 0.818.